The summed E-state index contributed by atoms with van der Waals surface area (Å²) in [5.41, 5.74) is 5.99. The topological polar surface area (TPSA) is 129 Å². The Labute approximate surface area is 273 Å². The fraction of sp³-hybridized carbons (Fsp3) is 0.441. The molecule has 0 aliphatic carbocycles. The number of aromatic nitrogens is 5. The number of nitrogens with zero attached hydrogens (tertiary/aromatic N) is 7. The van der Waals surface area contributed by atoms with Crippen molar-refractivity contribution in [2.75, 3.05) is 37.0 Å². The molecule has 0 spiro atoms. The van der Waals surface area contributed by atoms with Crippen molar-refractivity contribution in [3.05, 3.63) is 75.2 Å². The van der Waals surface area contributed by atoms with E-state index in [-0.39, 0.29) is 24.1 Å². The number of carbonyl (C=O) groups is 2. The van der Waals surface area contributed by atoms with E-state index in [0.29, 0.717) is 59.4 Å². The number of fused-ring (bicyclic) bond motifs is 2. The lowest BCUT2D eigenvalue weighted by atomic mass is 10.0. The van der Waals surface area contributed by atoms with Crippen molar-refractivity contribution in [1.29, 1.82) is 0 Å². The Morgan fingerprint density at radius 3 is 2.68 bits per heavy atom. The monoisotopic (exact) mass is 642 g/mol. The van der Waals surface area contributed by atoms with Crippen molar-refractivity contribution >= 4 is 29.2 Å². The van der Waals surface area contributed by atoms with Crippen molar-refractivity contribution < 1.29 is 19.1 Å². The lowest BCUT2D eigenvalue weighted by Gasteiger charge is -2.32. The van der Waals surface area contributed by atoms with Crippen LogP contribution < -0.4 is 15.8 Å². The highest BCUT2D eigenvalue weighted by molar-refractivity contribution is 6.06. The molecule has 6 heterocycles. The van der Waals surface area contributed by atoms with E-state index < -0.39 is 5.97 Å². The van der Waals surface area contributed by atoms with Gasteiger partial charge in [-0.05, 0) is 49.6 Å². The van der Waals surface area contributed by atoms with Gasteiger partial charge < -0.3 is 23.9 Å². The van der Waals surface area contributed by atoms with Gasteiger partial charge in [0.05, 0.1) is 18.8 Å². The van der Waals surface area contributed by atoms with E-state index in [1.165, 1.54) is 11.5 Å². The third kappa shape index (κ3) is 6.20. The minimum Gasteiger partial charge on any atom is -0.461 e. The van der Waals surface area contributed by atoms with Crippen LogP contribution in [0.1, 0.15) is 53.8 Å². The van der Waals surface area contributed by atoms with Gasteiger partial charge in [0.25, 0.3) is 11.5 Å². The molecule has 1 N–H and O–H groups in total. The average Bonchev–Trinajstić information content (AvgIpc) is 3.61. The second-order valence-electron chi connectivity index (χ2n) is 12.3. The maximum atomic E-state index is 13.9. The molecule has 0 bridgehead atoms. The normalized spacial score (nSPS) is 15.4. The number of ether oxygens (including phenoxy) is 2. The van der Waals surface area contributed by atoms with Crippen LogP contribution in [0.5, 0.6) is 0 Å². The first-order chi connectivity index (χ1) is 22.6. The fourth-order valence-corrected chi connectivity index (χ4v) is 6.73. The number of aryl methyl sites for hydroxylation is 2. The molecule has 2 aliphatic heterocycles. The minimum atomic E-state index is -0.449. The minimum absolute atomic E-state index is 0.0881. The zero-order valence-corrected chi connectivity index (χ0v) is 27.9. The Bertz CT molecular complexity index is 1890. The maximum absolute atomic E-state index is 13.9. The fourth-order valence-electron chi connectivity index (χ4n) is 6.73. The Morgan fingerprint density at radius 1 is 1.13 bits per heavy atom. The van der Waals surface area contributed by atoms with Gasteiger partial charge in [0, 0.05) is 88.6 Å². The number of hydrogen-bond acceptors (Lipinski definition) is 9. The molecule has 0 fully saturated rings. The van der Waals surface area contributed by atoms with Gasteiger partial charge in [-0.3, -0.25) is 28.9 Å². The van der Waals surface area contributed by atoms with E-state index >= 15 is 0 Å². The molecule has 0 radical (unpaired) electrons. The molecule has 0 aromatic carbocycles. The molecule has 4 aromatic heterocycles. The molecule has 13 nitrogen and oxygen atoms in total. The zero-order chi connectivity index (χ0) is 33.4. The van der Waals surface area contributed by atoms with Crippen LogP contribution >= 0.6 is 0 Å². The number of nitrogens with one attached hydrogen (secondary N) is 1. The Morgan fingerprint density at radius 2 is 1.94 bits per heavy atom. The molecule has 47 heavy (non-hydrogen) atoms. The Balaban J connectivity index is 1.35. The lowest BCUT2D eigenvalue weighted by molar-refractivity contribution is -0.142. The SMILES string of the molecule is CCc1c(C)cc2n1CCN(c1nccc(-c3cc(Nc4cc5n(n4)CCN(C(C)COC)C5)c(=O)n(C)c3)c1COC(C)=O)C2=O. The van der Waals surface area contributed by atoms with Gasteiger partial charge in [0.2, 0.25) is 0 Å². The number of amides is 1. The summed E-state index contributed by atoms with van der Waals surface area (Å²) in [5, 5.41) is 7.98. The van der Waals surface area contributed by atoms with E-state index in [0.717, 1.165) is 43.0 Å². The van der Waals surface area contributed by atoms with E-state index in [4.69, 9.17) is 14.6 Å². The summed E-state index contributed by atoms with van der Waals surface area (Å²) < 4.78 is 16.4. The third-order valence-corrected chi connectivity index (χ3v) is 9.10. The van der Waals surface area contributed by atoms with Crippen LogP contribution in [0.15, 0.2) is 41.5 Å². The van der Waals surface area contributed by atoms with Crippen LogP contribution in [0.4, 0.5) is 17.3 Å². The zero-order valence-electron chi connectivity index (χ0n) is 27.9. The van der Waals surface area contributed by atoms with E-state index in [1.54, 1.807) is 37.5 Å². The highest BCUT2D eigenvalue weighted by Gasteiger charge is 2.31. The number of methoxy groups -OCH3 is 1. The highest BCUT2D eigenvalue weighted by atomic mass is 16.5. The summed E-state index contributed by atoms with van der Waals surface area (Å²) in [7, 11) is 3.40. The summed E-state index contributed by atoms with van der Waals surface area (Å²) in [4.78, 5) is 47.8. The number of anilines is 3. The first-order valence-electron chi connectivity index (χ1n) is 16.0. The van der Waals surface area contributed by atoms with Crippen molar-refractivity contribution in [1.82, 2.24) is 28.8 Å². The molecule has 1 amide bonds. The predicted octanol–water partition coefficient (Wildman–Crippen LogP) is 3.63. The van der Waals surface area contributed by atoms with Crippen molar-refractivity contribution in [3.63, 3.8) is 0 Å². The van der Waals surface area contributed by atoms with E-state index in [2.05, 4.69) is 33.6 Å². The largest absolute Gasteiger partial charge is 0.461 e. The summed E-state index contributed by atoms with van der Waals surface area (Å²) in [6.45, 7) is 11.5. The van der Waals surface area contributed by atoms with E-state index in [9.17, 15) is 14.4 Å². The molecule has 1 unspecified atom stereocenters. The second kappa shape index (κ2) is 13.2. The van der Waals surface area contributed by atoms with Crippen LogP contribution in [0, 0.1) is 6.92 Å². The summed E-state index contributed by atoms with van der Waals surface area (Å²) in [6.07, 6.45) is 4.21. The number of carbonyl (C=O) groups excluding carboxylic acids is 2. The number of rotatable bonds is 10. The summed E-state index contributed by atoms with van der Waals surface area (Å²) in [5.74, 6) is 0.396. The van der Waals surface area contributed by atoms with Crippen molar-refractivity contribution in [2.45, 2.75) is 66.4 Å². The molecule has 2 aliphatic rings. The van der Waals surface area contributed by atoms with Crippen molar-refractivity contribution in [3.8, 4) is 11.1 Å². The van der Waals surface area contributed by atoms with Crippen LogP contribution in [0.3, 0.4) is 0 Å². The van der Waals surface area contributed by atoms with Crippen LogP contribution in [0.2, 0.25) is 0 Å². The summed E-state index contributed by atoms with van der Waals surface area (Å²) >= 11 is 0. The number of hydrogen-bond donors (Lipinski definition) is 1. The Kier molecular flexibility index (Phi) is 9.02. The second-order valence-corrected chi connectivity index (χ2v) is 12.3. The highest BCUT2D eigenvalue weighted by Crippen LogP contribution is 2.34. The van der Waals surface area contributed by atoms with Gasteiger partial charge >= 0.3 is 5.97 Å². The quantitative estimate of drug-likeness (QED) is 0.258. The smallest absolute Gasteiger partial charge is 0.302 e. The van der Waals surface area contributed by atoms with Gasteiger partial charge in [-0.25, -0.2) is 4.98 Å². The molecule has 0 saturated carbocycles. The van der Waals surface area contributed by atoms with Crippen LogP contribution in [0.25, 0.3) is 11.1 Å². The molecule has 4 aromatic rings. The molecular weight excluding hydrogens is 600 g/mol. The molecule has 248 valence electrons. The standard InChI is InChI=1S/C34H42N8O5/c1-7-29-21(2)14-30-34(45)41(12-11-40(29)30)32-27(20-47-23(4)43)26(8-9-35-32)24-15-28(33(44)38(5)17-24)36-31-16-25-18-39(22(3)19-46-6)10-13-42(25)37-31/h8-9,14-17,22H,7,10-13,18-20H2,1-6H3,(H,36,37). The van der Waals surface area contributed by atoms with Gasteiger partial charge in [-0.15, -0.1) is 0 Å². The van der Waals surface area contributed by atoms with Crippen molar-refractivity contribution in [2.24, 2.45) is 7.05 Å². The number of pyridine rings is 2. The first-order valence-corrected chi connectivity index (χ1v) is 16.0. The molecule has 13 heteroatoms. The molecular formula is C34H42N8O5. The molecule has 6 rings (SSSR count). The number of esters is 1. The van der Waals surface area contributed by atoms with Gasteiger partial charge in [0.15, 0.2) is 5.82 Å². The Hall–Kier alpha value is -4.75. The van der Waals surface area contributed by atoms with Gasteiger partial charge in [-0.1, -0.05) is 6.92 Å². The predicted molar refractivity (Wildman–Crippen MR) is 178 cm³/mol. The van der Waals surface area contributed by atoms with Gasteiger partial charge in [0.1, 0.15) is 23.8 Å². The lowest BCUT2D eigenvalue weighted by Crippen LogP contribution is -2.41. The van der Waals surface area contributed by atoms with Crippen LogP contribution in [-0.4, -0.2) is 73.5 Å². The molecule has 0 saturated heterocycles. The summed E-state index contributed by atoms with van der Waals surface area (Å²) in [6, 6.07) is 7.76. The third-order valence-electron chi connectivity index (χ3n) is 9.10. The van der Waals surface area contributed by atoms with Gasteiger partial charge in [-0.2, -0.15) is 5.10 Å². The average molecular weight is 643 g/mol. The van der Waals surface area contributed by atoms with Crippen LogP contribution in [-0.2, 0) is 54.0 Å². The van der Waals surface area contributed by atoms with E-state index in [1.807, 2.05) is 29.8 Å². The maximum Gasteiger partial charge on any atom is 0.302 e. The molecule has 1 atom stereocenters. The first kappa shape index (κ1) is 32.2.